The summed E-state index contributed by atoms with van der Waals surface area (Å²) in [5, 5.41) is 13.0. The Morgan fingerprint density at radius 2 is 1.90 bits per heavy atom. The number of carbonyl (C=O) groups excluding carboxylic acids is 2. The van der Waals surface area contributed by atoms with Crippen LogP contribution < -0.4 is 16.0 Å². The van der Waals surface area contributed by atoms with Gasteiger partial charge in [-0.15, -0.1) is 0 Å². The number of anilines is 2. The lowest BCUT2D eigenvalue weighted by Crippen LogP contribution is -2.46. The summed E-state index contributed by atoms with van der Waals surface area (Å²) >= 11 is 0. The highest BCUT2D eigenvalue weighted by molar-refractivity contribution is 5.85. The number of hydrogen-bond donors (Lipinski definition) is 3. The summed E-state index contributed by atoms with van der Waals surface area (Å²) in [7, 11) is 0. The van der Waals surface area contributed by atoms with E-state index in [1.807, 2.05) is 37.4 Å². The number of ether oxygens (including phenoxy) is 1. The van der Waals surface area contributed by atoms with Gasteiger partial charge >= 0.3 is 6.09 Å². The molecule has 11 heteroatoms. The van der Waals surface area contributed by atoms with E-state index in [9.17, 15) is 14.0 Å². The quantitative estimate of drug-likeness (QED) is 0.343. The molecule has 1 saturated carbocycles. The zero-order chi connectivity index (χ0) is 28.2. The maximum absolute atomic E-state index is 13.3. The smallest absolute Gasteiger partial charge is 0.408 e. The fourth-order valence-corrected chi connectivity index (χ4v) is 3.95. The van der Waals surface area contributed by atoms with E-state index in [1.165, 1.54) is 0 Å². The first-order valence-corrected chi connectivity index (χ1v) is 13.0. The summed E-state index contributed by atoms with van der Waals surface area (Å²) in [5.74, 6) is 0.123. The van der Waals surface area contributed by atoms with E-state index in [2.05, 4.69) is 31.0 Å². The molecule has 0 radical (unpaired) electrons. The largest absolute Gasteiger partial charge is 0.444 e. The minimum atomic E-state index is -0.737. The number of aryl methyl sites for hydroxylation is 1. The van der Waals surface area contributed by atoms with Gasteiger partial charge in [-0.2, -0.15) is 5.10 Å². The molecule has 10 nitrogen and oxygen atoms in total. The van der Waals surface area contributed by atoms with Gasteiger partial charge in [0.05, 0.1) is 18.6 Å². The molecule has 0 saturated heterocycles. The summed E-state index contributed by atoms with van der Waals surface area (Å²) in [4.78, 5) is 33.3. The number of rotatable bonds is 10. The molecule has 1 aliphatic carbocycles. The number of benzene rings is 1. The summed E-state index contributed by atoms with van der Waals surface area (Å²) in [5.41, 5.74) is 3.31. The van der Waals surface area contributed by atoms with Gasteiger partial charge in [-0.1, -0.05) is 12.1 Å². The van der Waals surface area contributed by atoms with Crippen molar-refractivity contribution < 1.29 is 18.7 Å². The van der Waals surface area contributed by atoms with Crippen LogP contribution >= 0.6 is 0 Å². The van der Waals surface area contributed by atoms with Gasteiger partial charge in [-0.3, -0.25) is 13.9 Å². The van der Waals surface area contributed by atoms with Crippen molar-refractivity contribution in [2.45, 2.75) is 72.2 Å². The van der Waals surface area contributed by atoms with Crippen LogP contribution in [0.1, 0.15) is 51.7 Å². The average Bonchev–Trinajstić information content (AvgIpc) is 3.50. The van der Waals surface area contributed by atoms with E-state index in [-0.39, 0.29) is 18.0 Å². The molecule has 3 aromatic rings. The number of carbonyl (C=O) groups is 2. The number of nitrogens with zero attached hydrogens (tertiary/aromatic N) is 4. The van der Waals surface area contributed by atoms with Crippen LogP contribution in [0, 0.1) is 12.3 Å². The Balaban J connectivity index is 1.31. The second-order valence-corrected chi connectivity index (χ2v) is 11.2. The highest BCUT2D eigenvalue weighted by Crippen LogP contribution is 2.47. The minimum Gasteiger partial charge on any atom is -0.444 e. The number of nitrogens with one attached hydrogen (secondary N) is 3. The number of hydrogen-bond acceptors (Lipinski definition) is 7. The average molecular weight is 538 g/mol. The van der Waals surface area contributed by atoms with E-state index in [4.69, 9.17) is 4.74 Å². The zero-order valence-corrected chi connectivity index (χ0v) is 23.0. The Kier molecular flexibility index (Phi) is 8.17. The Morgan fingerprint density at radius 3 is 2.54 bits per heavy atom. The van der Waals surface area contributed by atoms with Gasteiger partial charge in [0.2, 0.25) is 11.9 Å². The van der Waals surface area contributed by atoms with Crippen molar-refractivity contribution in [3.8, 4) is 11.3 Å². The van der Waals surface area contributed by atoms with Crippen molar-refractivity contribution in [2.75, 3.05) is 12.0 Å². The lowest BCUT2D eigenvalue weighted by molar-refractivity contribution is -0.122. The van der Waals surface area contributed by atoms with Crippen LogP contribution in [0.15, 0.2) is 42.9 Å². The minimum absolute atomic E-state index is 0.249. The van der Waals surface area contributed by atoms with Crippen molar-refractivity contribution in [2.24, 2.45) is 5.41 Å². The van der Waals surface area contributed by atoms with Gasteiger partial charge < -0.3 is 20.7 Å². The summed E-state index contributed by atoms with van der Waals surface area (Å²) in [6, 6.07) is 6.77. The monoisotopic (exact) mass is 537 g/mol. The molecule has 39 heavy (non-hydrogen) atoms. The predicted molar refractivity (Wildman–Crippen MR) is 146 cm³/mol. The number of alkyl carbamates (subject to hydrolysis) is 1. The molecule has 2 aromatic heterocycles. The number of aromatic nitrogens is 4. The normalized spacial score (nSPS) is 14.8. The lowest BCUT2D eigenvalue weighted by Gasteiger charge is -2.21. The molecule has 0 bridgehead atoms. The van der Waals surface area contributed by atoms with Crippen molar-refractivity contribution >= 4 is 23.6 Å². The Hall–Kier alpha value is -4.02. The SMILES string of the molecule is Cc1cnc(Nc2ccc(CNC(=O)[C@H](C)NC(=O)OC(C)(C)C)cc2)nc1-c1cnn(CC2(CF)CC2)c1. The van der Waals surface area contributed by atoms with E-state index in [1.54, 1.807) is 44.8 Å². The second kappa shape index (κ2) is 11.4. The first-order valence-electron chi connectivity index (χ1n) is 13.0. The van der Waals surface area contributed by atoms with Crippen LogP contribution in [0.3, 0.4) is 0 Å². The van der Waals surface area contributed by atoms with Crippen molar-refractivity contribution in [3.63, 3.8) is 0 Å². The topological polar surface area (TPSA) is 123 Å². The molecule has 0 aliphatic heterocycles. The molecular weight excluding hydrogens is 501 g/mol. The molecule has 4 rings (SSSR count). The Bertz CT molecular complexity index is 1310. The Morgan fingerprint density at radius 1 is 1.18 bits per heavy atom. The van der Waals surface area contributed by atoms with Crippen molar-refractivity contribution in [3.05, 3.63) is 54.0 Å². The van der Waals surface area contributed by atoms with Crippen LogP contribution in [-0.2, 0) is 22.6 Å². The molecule has 0 spiro atoms. The van der Waals surface area contributed by atoms with Crippen LogP contribution in [0.5, 0.6) is 0 Å². The van der Waals surface area contributed by atoms with Crippen molar-refractivity contribution in [1.82, 2.24) is 30.4 Å². The highest BCUT2D eigenvalue weighted by Gasteiger charge is 2.43. The number of halogens is 1. The van der Waals surface area contributed by atoms with Gasteiger partial charge in [0.1, 0.15) is 11.6 Å². The van der Waals surface area contributed by atoms with E-state index >= 15 is 0 Å². The summed E-state index contributed by atoms with van der Waals surface area (Å²) < 4.78 is 20.3. The molecule has 1 atom stereocenters. The van der Waals surface area contributed by atoms with Crippen LogP contribution in [-0.4, -0.2) is 50.1 Å². The lowest BCUT2D eigenvalue weighted by atomic mass is 10.1. The van der Waals surface area contributed by atoms with Crippen molar-refractivity contribution in [1.29, 1.82) is 0 Å². The van der Waals surface area contributed by atoms with Crippen LogP contribution in [0.4, 0.5) is 20.8 Å². The maximum Gasteiger partial charge on any atom is 0.408 e. The Labute approximate surface area is 227 Å². The predicted octanol–water partition coefficient (Wildman–Crippen LogP) is 4.67. The van der Waals surface area contributed by atoms with E-state index < -0.39 is 17.7 Å². The third-order valence-corrected chi connectivity index (χ3v) is 6.42. The highest BCUT2D eigenvalue weighted by atomic mass is 19.1. The van der Waals surface area contributed by atoms with Gasteiger partial charge in [-0.25, -0.2) is 14.8 Å². The third kappa shape index (κ3) is 7.75. The molecule has 2 amide bonds. The number of amides is 2. The zero-order valence-electron chi connectivity index (χ0n) is 23.0. The molecule has 1 aliphatic rings. The first kappa shape index (κ1) is 28.0. The molecule has 208 valence electrons. The van der Waals surface area contributed by atoms with Gasteiger partial charge in [0, 0.05) is 42.1 Å². The first-order chi connectivity index (χ1) is 18.4. The summed E-state index contributed by atoms with van der Waals surface area (Å²) in [6.45, 7) is 9.37. The molecule has 1 fully saturated rings. The third-order valence-electron chi connectivity index (χ3n) is 6.42. The number of alkyl halides is 1. The van der Waals surface area contributed by atoms with Crippen LogP contribution in [0.25, 0.3) is 11.3 Å². The van der Waals surface area contributed by atoms with E-state index in [0.717, 1.165) is 40.9 Å². The van der Waals surface area contributed by atoms with E-state index in [0.29, 0.717) is 19.0 Å². The summed E-state index contributed by atoms with van der Waals surface area (Å²) in [6.07, 6.45) is 6.56. The molecule has 3 N–H and O–H groups in total. The fraction of sp³-hybridized carbons (Fsp3) is 0.464. The molecule has 1 aromatic carbocycles. The maximum atomic E-state index is 13.3. The fourth-order valence-electron chi connectivity index (χ4n) is 3.95. The van der Waals surface area contributed by atoms with Gasteiger partial charge in [0.25, 0.3) is 0 Å². The molecule has 0 unspecified atom stereocenters. The van der Waals surface area contributed by atoms with Crippen LogP contribution in [0.2, 0.25) is 0 Å². The second-order valence-electron chi connectivity index (χ2n) is 11.2. The van der Waals surface area contributed by atoms with Gasteiger partial charge in [-0.05, 0) is 70.7 Å². The molecule has 2 heterocycles. The standard InChI is InChI=1S/C28H36FN7O3/c1-18-12-31-25(35-23(18)21-14-32-36(15-21)17-28(16-29)10-11-28)34-22-8-6-20(7-9-22)13-30-24(37)19(2)33-26(38)39-27(3,4)5/h6-9,12,14-15,19H,10-11,13,16-17H2,1-5H3,(H,30,37)(H,33,38)(H,31,34,35)/t19-/m0/s1. The van der Waals surface area contributed by atoms with Gasteiger partial charge in [0.15, 0.2) is 0 Å². The molecular formula is C28H36FN7O3.